The molecule has 2 aliphatic rings. The maximum Gasteiger partial charge on any atom is 0.162 e. The van der Waals surface area contributed by atoms with E-state index in [0.717, 1.165) is 52.4 Å². The number of rotatable bonds is 2. The molecule has 1 aliphatic heterocycles. The standard InChI is InChI=1S/C23H23N5/c1-15-8-23(9-15)13-27(14-23)17-10-24-22-20(11-25-28(22)12-17)19-7-16(2)26-21-6-4-3-5-18(19)21/h3-7,10-12,15H,8-9,13-14H2,1-2H3. The van der Waals surface area contributed by atoms with Crippen LogP contribution in [0.2, 0.25) is 0 Å². The second-order valence-electron chi connectivity index (χ2n) is 8.84. The molecule has 5 nitrogen and oxygen atoms in total. The summed E-state index contributed by atoms with van der Waals surface area (Å²) in [6.07, 6.45) is 8.81. The summed E-state index contributed by atoms with van der Waals surface area (Å²) in [5.74, 6) is 0.898. The van der Waals surface area contributed by atoms with E-state index < -0.39 is 0 Å². The highest BCUT2D eigenvalue weighted by Crippen LogP contribution is 2.52. The molecule has 3 aromatic heterocycles. The van der Waals surface area contributed by atoms with E-state index in [1.807, 2.05) is 29.9 Å². The number of nitrogens with zero attached hydrogens (tertiary/aromatic N) is 5. The number of hydrogen-bond donors (Lipinski definition) is 0. The van der Waals surface area contributed by atoms with Crippen molar-refractivity contribution in [2.45, 2.75) is 26.7 Å². The highest BCUT2D eigenvalue weighted by atomic mass is 15.3. The third-order valence-electron chi connectivity index (χ3n) is 6.46. The number of para-hydroxylation sites is 1. The minimum Gasteiger partial charge on any atom is -0.368 e. The highest BCUT2D eigenvalue weighted by Gasteiger charge is 2.50. The van der Waals surface area contributed by atoms with Crippen molar-refractivity contribution >= 4 is 22.2 Å². The first-order valence-corrected chi connectivity index (χ1v) is 10.1. The number of hydrogen-bond acceptors (Lipinski definition) is 4. The summed E-state index contributed by atoms with van der Waals surface area (Å²) in [7, 11) is 0. The summed E-state index contributed by atoms with van der Waals surface area (Å²) in [5, 5.41) is 5.76. The molecule has 0 unspecified atom stereocenters. The fourth-order valence-electron chi connectivity index (χ4n) is 5.37. The molecule has 0 radical (unpaired) electrons. The number of fused-ring (bicyclic) bond motifs is 2. The maximum absolute atomic E-state index is 4.80. The van der Waals surface area contributed by atoms with Crippen LogP contribution < -0.4 is 4.90 Å². The molecule has 1 aliphatic carbocycles. The molecule has 28 heavy (non-hydrogen) atoms. The predicted octanol–water partition coefficient (Wildman–Crippen LogP) is 4.49. The third-order valence-corrected chi connectivity index (χ3v) is 6.46. The van der Waals surface area contributed by atoms with Gasteiger partial charge in [-0.05, 0) is 43.4 Å². The van der Waals surface area contributed by atoms with E-state index in [0.29, 0.717) is 5.41 Å². The zero-order valence-corrected chi connectivity index (χ0v) is 16.3. The van der Waals surface area contributed by atoms with Gasteiger partial charge < -0.3 is 4.90 Å². The van der Waals surface area contributed by atoms with Gasteiger partial charge in [0.25, 0.3) is 0 Å². The first kappa shape index (κ1) is 16.0. The van der Waals surface area contributed by atoms with Crippen LogP contribution in [0.25, 0.3) is 27.7 Å². The molecule has 1 spiro atoms. The van der Waals surface area contributed by atoms with Crippen molar-refractivity contribution in [3.05, 3.63) is 54.6 Å². The Morgan fingerprint density at radius 2 is 1.89 bits per heavy atom. The Labute approximate surface area is 164 Å². The number of benzene rings is 1. The lowest BCUT2D eigenvalue weighted by atomic mass is 9.58. The number of anilines is 1. The molecule has 2 fully saturated rings. The largest absolute Gasteiger partial charge is 0.368 e. The number of aromatic nitrogens is 4. The molecule has 6 rings (SSSR count). The van der Waals surface area contributed by atoms with Crippen molar-refractivity contribution in [2.24, 2.45) is 11.3 Å². The second-order valence-corrected chi connectivity index (χ2v) is 8.84. The van der Waals surface area contributed by atoms with Crippen LogP contribution in [-0.2, 0) is 0 Å². The minimum atomic E-state index is 0.580. The summed E-state index contributed by atoms with van der Waals surface area (Å²) >= 11 is 0. The molecule has 4 aromatic rings. The Morgan fingerprint density at radius 3 is 2.71 bits per heavy atom. The summed E-state index contributed by atoms with van der Waals surface area (Å²) in [6.45, 7) is 6.71. The summed E-state index contributed by atoms with van der Waals surface area (Å²) < 4.78 is 1.92. The van der Waals surface area contributed by atoms with E-state index >= 15 is 0 Å². The van der Waals surface area contributed by atoms with Gasteiger partial charge in [0, 0.05) is 35.1 Å². The second kappa shape index (κ2) is 5.53. The Bertz CT molecular complexity index is 1210. The maximum atomic E-state index is 4.80. The quantitative estimate of drug-likeness (QED) is 0.522. The van der Waals surface area contributed by atoms with Gasteiger partial charge in [0.15, 0.2) is 5.65 Å². The van der Waals surface area contributed by atoms with Crippen LogP contribution in [-0.4, -0.2) is 32.7 Å². The Balaban J connectivity index is 1.39. The van der Waals surface area contributed by atoms with E-state index in [1.54, 1.807) is 0 Å². The first-order valence-electron chi connectivity index (χ1n) is 10.1. The van der Waals surface area contributed by atoms with Gasteiger partial charge in [-0.1, -0.05) is 25.1 Å². The molecule has 0 amide bonds. The topological polar surface area (TPSA) is 46.3 Å². The molecule has 1 aromatic carbocycles. The molecule has 5 heteroatoms. The van der Waals surface area contributed by atoms with Crippen LogP contribution in [0.5, 0.6) is 0 Å². The van der Waals surface area contributed by atoms with E-state index in [9.17, 15) is 0 Å². The molecule has 0 N–H and O–H groups in total. The van der Waals surface area contributed by atoms with E-state index in [4.69, 9.17) is 4.98 Å². The Hall–Kier alpha value is -2.95. The lowest BCUT2D eigenvalue weighted by molar-refractivity contribution is 0.0336. The van der Waals surface area contributed by atoms with Gasteiger partial charge in [-0.2, -0.15) is 5.10 Å². The van der Waals surface area contributed by atoms with Crippen LogP contribution >= 0.6 is 0 Å². The van der Waals surface area contributed by atoms with Gasteiger partial charge in [-0.3, -0.25) is 4.98 Å². The zero-order valence-electron chi connectivity index (χ0n) is 16.3. The van der Waals surface area contributed by atoms with Gasteiger partial charge in [0.2, 0.25) is 0 Å². The SMILES string of the molecule is Cc1cc(-c2cnn3cc(N4CC5(CC(C)C5)C4)cnc23)c2ccccc2n1. The van der Waals surface area contributed by atoms with Gasteiger partial charge in [0.1, 0.15) is 0 Å². The number of aryl methyl sites for hydroxylation is 1. The molecule has 4 heterocycles. The van der Waals surface area contributed by atoms with Crippen LogP contribution in [0.15, 0.2) is 48.9 Å². The average molecular weight is 369 g/mol. The van der Waals surface area contributed by atoms with Crippen molar-refractivity contribution in [1.82, 2.24) is 19.6 Å². The van der Waals surface area contributed by atoms with Crippen LogP contribution in [0.3, 0.4) is 0 Å². The summed E-state index contributed by atoms with van der Waals surface area (Å²) in [5.41, 5.74) is 6.86. The van der Waals surface area contributed by atoms with Gasteiger partial charge >= 0.3 is 0 Å². The van der Waals surface area contributed by atoms with Crippen LogP contribution in [0.1, 0.15) is 25.5 Å². The van der Waals surface area contributed by atoms with E-state index in [-0.39, 0.29) is 0 Å². The minimum absolute atomic E-state index is 0.580. The lowest BCUT2D eigenvalue weighted by Crippen LogP contribution is -2.62. The fourth-order valence-corrected chi connectivity index (χ4v) is 5.37. The molecule has 0 bridgehead atoms. The Morgan fingerprint density at radius 1 is 1.07 bits per heavy atom. The normalized spacial score (nSPS) is 18.6. The highest BCUT2D eigenvalue weighted by molar-refractivity contribution is 5.98. The average Bonchev–Trinajstić information content (AvgIpc) is 3.05. The molecule has 1 saturated heterocycles. The zero-order chi connectivity index (χ0) is 18.9. The van der Waals surface area contributed by atoms with Crippen molar-refractivity contribution in [2.75, 3.05) is 18.0 Å². The van der Waals surface area contributed by atoms with Gasteiger partial charge in [-0.15, -0.1) is 0 Å². The van der Waals surface area contributed by atoms with Crippen LogP contribution in [0, 0.1) is 18.3 Å². The third kappa shape index (κ3) is 2.28. The first-order chi connectivity index (χ1) is 13.6. The monoisotopic (exact) mass is 369 g/mol. The smallest absolute Gasteiger partial charge is 0.162 e. The molecular weight excluding hydrogens is 346 g/mol. The Kier molecular flexibility index (Phi) is 3.17. The van der Waals surface area contributed by atoms with Crippen LogP contribution in [0.4, 0.5) is 5.69 Å². The van der Waals surface area contributed by atoms with Crippen molar-refractivity contribution in [3.8, 4) is 11.1 Å². The van der Waals surface area contributed by atoms with Crippen molar-refractivity contribution < 1.29 is 0 Å². The molecule has 0 atom stereocenters. The fraction of sp³-hybridized carbons (Fsp3) is 0.348. The predicted molar refractivity (Wildman–Crippen MR) is 112 cm³/mol. The number of pyridine rings is 1. The van der Waals surface area contributed by atoms with Gasteiger partial charge in [-0.25, -0.2) is 9.50 Å². The van der Waals surface area contributed by atoms with Crippen molar-refractivity contribution in [1.29, 1.82) is 0 Å². The van der Waals surface area contributed by atoms with E-state index in [1.165, 1.54) is 18.5 Å². The molecule has 140 valence electrons. The summed E-state index contributed by atoms with van der Waals surface area (Å²) in [6, 6.07) is 10.4. The van der Waals surface area contributed by atoms with Gasteiger partial charge in [0.05, 0.1) is 29.8 Å². The lowest BCUT2D eigenvalue weighted by Gasteiger charge is -2.59. The van der Waals surface area contributed by atoms with Crippen molar-refractivity contribution in [3.63, 3.8) is 0 Å². The molecular formula is C23H23N5. The molecule has 1 saturated carbocycles. The summed E-state index contributed by atoms with van der Waals surface area (Å²) in [4.78, 5) is 11.9. The van der Waals surface area contributed by atoms with E-state index in [2.05, 4.69) is 52.4 Å².